The molecule has 2 aliphatic heterocycles. The van der Waals surface area contributed by atoms with Crippen molar-refractivity contribution in [2.45, 2.75) is 83.0 Å². The molecule has 1 N–H and O–H groups in total. The molecule has 0 amide bonds. The zero-order valence-electron chi connectivity index (χ0n) is 16.4. The Labute approximate surface area is 151 Å². The Morgan fingerprint density at radius 1 is 1.04 bits per heavy atom. The van der Waals surface area contributed by atoms with Crippen LogP contribution in [-0.2, 0) is 23.1 Å². The lowest BCUT2D eigenvalue weighted by Gasteiger charge is -2.45. The minimum Gasteiger partial charge on any atom is -0.466 e. The molecule has 0 bridgehead atoms. The fraction of sp³-hybridized carbons (Fsp3) is 0.944. The largest absolute Gasteiger partial charge is 0.466 e. The molecule has 144 valence electrons. The first-order valence-corrected chi connectivity index (χ1v) is 11.1. The molecule has 0 aromatic carbocycles. The smallest absolute Gasteiger partial charge is 0.350 e. The number of rotatable bonds is 3. The van der Waals surface area contributed by atoms with Crippen LogP contribution < -0.4 is 0 Å². The molecule has 1 saturated carbocycles. The van der Waals surface area contributed by atoms with E-state index in [2.05, 4.69) is 41.5 Å². The summed E-state index contributed by atoms with van der Waals surface area (Å²) in [5, 5.41) is 9.52. The number of hydrogen-bond acceptors (Lipinski definition) is 6. The third kappa shape index (κ3) is 2.79. The second kappa shape index (κ2) is 6.02. The molecule has 3 fully saturated rings. The van der Waals surface area contributed by atoms with Gasteiger partial charge in [-0.25, -0.2) is 0 Å². The van der Waals surface area contributed by atoms with Crippen LogP contribution in [0.1, 0.15) is 48.5 Å². The summed E-state index contributed by atoms with van der Waals surface area (Å²) in [6.07, 6.45) is -1.22. The summed E-state index contributed by atoms with van der Waals surface area (Å²) >= 11 is 0. The number of ether oxygens (including phenoxy) is 2. The lowest BCUT2D eigenvalue weighted by Crippen LogP contribution is -2.54. The minimum absolute atomic E-state index is 0.0362. The number of carbonyl (C=O) groups is 1. The number of esters is 1. The van der Waals surface area contributed by atoms with Crippen molar-refractivity contribution >= 4 is 14.5 Å². The van der Waals surface area contributed by atoms with E-state index in [9.17, 15) is 9.90 Å². The van der Waals surface area contributed by atoms with E-state index < -0.39 is 14.7 Å². The van der Waals surface area contributed by atoms with Crippen molar-refractivity contribution in [1.82, 2.24) is 0 Å². The van der Waals surface area contributed by atoms with Gasteiger partial charge in [-0.05, 0) is 6.92 Å². The van der Waals surface area contributed by atoms with Gasteiger partial charge < -0.3 is 23.4 Å². The quantitative estimate of drug-likeness (QED) is 0.606. The molecule has 0 aromatic heterocycles. The summed E-state index contributed by atoms with van der Waals surface area (Å²) in [5.74, 6) is -0.576. The molecule has 2 unspecified atom stereocenters. The van der Waals surface area contributed by atoms with Crippen LogP contribution in [0.4, 0.5) is 0 Å². The van der Waals surface area contributed by atoms with Crippen LogP contribution in [0.2, 0.25) is 10.1 Å². The number of hydrogen-bond donors (Lipinski definition) is 1. The average molecular weight is 373 g/mol. The van der Waals surface area contributed by atoms with Crippen molar-refractivity contribution in [3.05, 3.63) is 0 Å². The third-order valence-corrected chi connectivity index (χ3v) is 10.9. The summed E-state index contributed by atoms with van der Waals surface area (Å²) in [6, 6.07) is 0. The van der Waals surface area contributed by atoms with Crippen molar-refractivity contribution in [3.63, 3.8) is 0 Å². The van der Waals surface area contributed by atoms with E-state index in [0.717, 1.165) is 0 Å². The standard InChI is InChI=1S/C18H32O6Si/c1-8-21-16(20)12-11-14(12)22-10(9-19)13-15(11)24-25(23-13,17(2,3)4)18(5,6)7/h10-15,19H,8-9H2,1-7H3/t10-,11+,12?,13+,14?,15-/m1/s1. The Balaban J connectivity index is 1.93. The zero-order chi connectivity index (χ0) is 18.8. The third-order valence-electron chi connectivity index (χ3n) is 5.73. The maximum atomic E-state index is 12.3. The van der Waals surface area contributed by atoms with Gasteiger partial charge in [-0.2, -0.15) is 0 Å². The van der Waals surface area contributed by atoms with Crippen LogP contribution in [0.3, 0.4) is 0 Å². The molecule has 7 heteroatoms. The van der Waals surface area contributed by atoms with Crippen LogP contribution in [-0.4, -0.2) is 57.3 Å². The Hall–Kier alpha value is -0.473. The lowest BCUT2D eigenvalue weighted by molar-refractivity contribution is -0.146. The maximum Gasteiger partial charge on any atom is 0.350 e. The van der Waals surface area contributed by atoms with Gasteiger partial charge in [-0.15, -0.1) is 0 Å². The fourth-order valence-corrected chi connectivity index (χ4v) is 9.85. The molecule has 2 saturated heterocycles. The van der Waals surface area contributed by atoms with E-state index in [4.69, 9.17) is 18.3 Å². The van der Waals surface area contributed by atoms with Crippen molar-refractivity contribution in [2.24, 2.45) is 11.8 Å². The van der Waals surface area contributed by atoms with Gasteiger partial charge in [-0.3, -0.25) is 4.79 Å². The molecular weight excluding hydrogens is 340 g/mol. The van der Waals surface area contributed by atoms with Gasteiger partial charge in [-0.1, -0.05) is 41.5 Å². The van der Waals surface area contributed by atoms with E-state index in [-0.39, 0.29) is 52.8 Å². The number of aliphatic hydroxyl groups is 1. The van der Waals surface area contributed by atoms with Crippen molar-refractivity contribution < 1.29 is 28.2 Å². The van der Waals surface area contributed by atoms with Crippen LogP contribution in [0.25, 0.3) is 0 Å². The van der Waals surface area contributed by atoms with Gasteiger partial charge in [0.2, 0.25) is 0 Å². The van der Waals surface area contributed by atoms with Crippen molar-refractivity contribution in [2.75, 3.05) is 13.2 Å². The highest BCUT2D eigenvalue weighted by Crippen LogP contribution is 2.62. The van der Waals surface area contributed by atoms with Crippen LogP contribution in [0.15, 0.2) is 0 Å². The van der Waals surface area contributed by atoms with Crippen molar-refractivity contribution in [1.29, 1.82) is 0 Å². The number of aliphatic hydroxyl groups excluding tert-OH is 1. The van der Waals surface area contributed by atoms with Gasteiger partial charge >= 0.3 is 14.5 Å². The first-order chi connectivity index (χ1) is 11.5. The summed E-state index contributed by atoms with van der Waals surface area (Å²) in [6.45, 7) is 15.0. The first-order valence-electron chi connectivity index (χ1n) is 9.27. The summed E-state index contributed by atoms with van der Waals surface area (Å²) < 4.78 is 24.6. The highest BCUT2D eigenvalue weighted by Gasteiger charge is 2.74. The van der Waals surface area contributed by atoms with Gasteiger partial charge in [0.05, 0.1) is 31.3 Å². The molecule has 0 radical (unpaired) electrons. The van der Waals surface area contributed by atoms with E-state index in [1.165, 1.54) is 0 Å². The Morgan fingerprint density at radius 2 is 1.60 bits per heavy atom. The molecule has 1 aliphatic carbocycles. The number of fused-ring (bicyclic) bond motifs is 3. The van der Waals surface area contributed by atoms with Gasteiger partial charge in [0.1, 0.15) is 12.2 Å². The van der Waals surface area contributed by atoms with E-state index in [1.54, 1.807) is 6.92 Å². The number of carbonyl (C=O) groups excluding carboxylic acids is 1. The predicted octanol–water partition coefficient (Wildman–Crippen LogP) is 2.38. The monoisotopic (exact) mass is 372 g/mol. The van der Waals surface area contributed by atoms with Crippen molar-refractivity contribution in [3.8, 4) is 0 Å². The minimum atomic E-state index is -2.66. The maximum absolute atomic E-state index is 12.3. The van der Waals surface area contributed by atoms with Gasteiger partial charge in [0.25, 0.3) is 0 Å². The fourth-order valence-electron chi connectivity index (χ4n) is 4.79. The van der Waals surface area contributed by atoms with Crippen LogP contribution in [0, 0.1) is 11.8 Å². The molecule has 0 spiro atoms. The molecular formula is C18H32O6Si. The zero-order valence-corrected chi connectivity index (χ0v) is 17.4. The van der Waals surface area contributed by atoms with Crippen LogP contribution in [0.5, 0.6) is 0 Å². The highest BCUT2D eigenvalue weighted by atomic mass is 28.4. The van der Waals surface area contributed by atoms with Gasteiger partial charge in [0.15, 0.2) is 0 Å². The molecule has 0 aromatic rings. The van der Waals surface area contributed by atoms with E-state index >= 15 is 0 Å². The second-order valence-electron chi connectivity index (χ2n) is 9.46. The van der Waals surface area contributed by atoms with E-state index in [0.29, 0.717) is 6.61 Å². The predicted molar refractivity (Wildman–Crippen MR) is 94.3 cm³/mol. The normalized spacial score (nSPS) is 39.5. The molecule has 3 rings (SSSR count). The van der Waals surface area contributed by atoms with Gasteiger partial charge in [0, 0.05) is 16.0 Å². The SMILES string of the molecule is CCOC(=O)C1C2O[C@H](CO)[C@@H]3O[Si](C(C)(C)C)(C(C)(C)C)O[C@@H]3[C@H]21. The Bertz CT molecular complexity index is 523. The second-order valence-corrected chi connectivity index (χ2v) is 14.2. The topological polar surface area (TPSA) is 74.2 Å². The molecule has 6 nitrogen and oxygen atoms in total. The highest BCUT2D eigenvalue weighted by molar-refractivity contribution is 6.74. The molecule has 2 heterocycles. The average Bonchev–Trinajstić information content (AvgIpc) is 3.03. The molecule has 3 aliphatic rings. The lowest BCUT2D eigenvalue weighted by atomic mass is 10.0. The summed E-state index contributed by atoms with van der Waals surface area (Å²) in [4.78, 5) is 12.3. The summed E-state index contributed by atoms with van der Waals surface area (Å²) in [7, 11) is -2.66. The molecule has 25 heavy (non-hydrogen) atoms. The summed E-state index contributed by atoms with van der Waals surface area (Å²) in [5.41, 5.74) is 0. The first kappa shape index (κ1) is 19.3. The van der Waals surface area contributed by atoms with Crippen LogP contribution >= 0.6 is 0 Å². The molecule has 6 atom stereocenters. The Kier molecular flexibility index (Phi) is 4.65. The van der Waals surface area contributed by atoms with E-state index in [1.807, 2.05) is 0 Å². The Morgan fingerprint density at radius 3 is 2.08 bits per heavy atom.